The molecule has 1 heterocycles. The molecule has 0 bridgehead atoms. The van der Waals surface area contributed by atoms with Crippen molar-refractivity contribution in [1.29, 1.82) is 0 Å². The van der Waals surface area contributed by atoms with E-state index in [9.17, 15) is 27.2 Å². The second-order valence-corrected chi connectivity index (χ2v) is 4.70. The molecule has 1 aliphatic heterocycles. The largest absolute Gasteiger partial charge is 0.346 e. The molecule has 0 aliphatic carbocycles. The van der Waals surface area contributed by atoms with Gasteiger partial charge in [0.25, 0.3) is 0 Å². The topological polar surface area (TPSA) is 78.7 Å². The number of nitrogens with one attached hydrogen (secondary N) is 1. The third-order valence-electron chi connectivity index (χ3n) is 3.10. The van der Waals surface area contributed by atoms with Gasteiger partial charge in [0, 0.05) is 26.2 Å². The number of hydrogen-bond acceptors (Lipinski definition) is 4. The highest BCUT2D eigenvalue weighted by atomic mass is 19.3. The number of nitrogens with two attached hydrogens (primary N) is 1. The normalized spacial score (nSPS) is 17.1. The van der Waals surface area contributed by atoms with E-state index < -0.39 is 24.8 Å². The van der Waals surface area contributed by atoms with Crippen LogP contribution >= 0.6 is 0 Å². The lowest BCUT2D eigenvalue weighted by molar-refractivity contribution is -0.148. The van der Waals surface area contributed by atoms with E-state index >= 15 is 0 Å². The van der Waals surface area contributed by atoms with Gasteiger partial charge in [-0.25, -0.2) is 8.78 Å². The summed E-state index contributed by atoms with van der Waals surface area (Å²) >= 11 is 0. The summed E-state index contributed by atoms with van der Waals surface area (Å²) in [5.41, 5.74) is 5.06. The molecule has 0 aromatic heterocycles. The zero-order valence-corrected chi connectivity index (χ0v) is 11.3. The Kier molecular flexibility index (Phi) is 6.34. The van der Waals surface area contributed by atoms with Crippen LogP contribution in [0.25, 0.3) is 0 Å². The molecule has 0 aromatic carbocycles. The Morgan fingerprint density at radius 3 is 2.24 bits per heavy atom. The minimum Gasteiger partial charge on any atom is -0.346 e. The first-order valence-electron chi connectivity index (χ1n) is 6.39. The third kappa shape index (κ3) is 5.46. The third-order valence-corrected chi connectivity index (χ3v) is 3.10. The molecule has 6 nitrogen and oxygen atoms in total. The molecule has 0 spiro atoms. The van der Waals surface area contributed by atoms with Crippen LogP contribution in [0.15, 0.2) is 0 Å². The Hall–Kier alpha value is -1.42. The zero-order chi connectivity index (χ0) is 16.0. The molecule has 1 aliphatic rings. The maximum absolute atomic E-state index is 12.9. The van der Waals surface area contributed by atoms with Crippen molar-refractivity contribution >= 4 is 11.8 Å². The molecular formula is C11H18F4N4O2. The highest BCUT2D eigenvalue weighted by Gasteiger charge is 2.42. The van der Waals surface area contributed by atoms with Crippen LogP contribution in [0, 0.1) is 0 Å². The van der Waals surface area contributed by atoms with Crippen molar-refractivity contribution in [2.24, 2.45) is 5.73 Å². The first-order chi connectivity index (χ1) is 9.76. The Bertz CT molecular complexity index is 373. The molecule has 0 unspecified atom stereocenters. The second-order valence-electron chi connectivity index (χ2n) is 4.70. The quantitative estimate of drug-likeness (QED) is 0.623. The van der Waals surface area contributed by atoms with Gasteiger partial charge in [0.05, 0.1) is 19.6 Å². The van der Waals surface area contributed by atoms with Gasteiger partial charge in [-0.05, 0) is 0 Å². The number of alkyl halides is 4. The standard InChI is InChI=1S/C11H18F4N4O2/c12-10(13)11(14,15)7-18-1-3-19(4-2-18)9(21)6-17-8(20)5-16/h10H,1-7,16H2,(H,17,20). The van der Waals surface area contributed by atoms with Gasteiger partial charge in [-0.2, -0.15) is 8.78 Å². The minimum absolute atomic E-state index is 0.0822. The van der Waals surface area contributed by atoms with E-state index in [1.165, 1.54) is 9.80 Å². The van der Waals surface area contributed by atoms with Crippen molar-refractivity contribution < 1.29 is 27.2 Å². The fourth-order valence-electron chi connectivity index (χ4n) is 1.88. The zero-order valence-electron chi connectivity index (χ0n) is 11.3. The minimum atomic E-state index is -4.05. The summed E-state index contributed by atoms with van der Waals surface area (Å²) in [4.78, 5) is 25.2. The molecule has 0 radical (unpaired) electrons. The molecule has 1 rings (SSSR count). The predicted octanol–water partition coefficient (Wildman–Crippen LogP) is -0.894. The van der Waals surface area contributed by atoms with Crippen molar-refractivity contribution in [2.45, 2.75) is 12.3 Å². The first-order valence-corrected chi connectivity index (χ1v) is 6.39. The van der Waals surface area contributed by atoms with Gasteiger partial charge < -0.3 is 16.0 Å². The maximum atomic E-state index is 12.9. The van der Waals surface area contributed by atoms with Crippen LogP contribution in [0.5, 0.6) is 0 Å². The van der Waals surface area contributed by atoms with Crippen molar-refractivity contribution in [3.05, 3.63) is 0 Å². The molecule has 2 amide bonds. The SMILES string of the molecule is NCC(=O)NCC(=O)N1CCN(CC(F)(F)C(F)F)CC1. The van der Waals surface area contributed by atoms with Gasteiger partial charge in [0.15, 0.2) is 0 Å². The Labute approximate surface area is 119 Å². The van der Waals surface area contributed by atoms with Crippen LogP contribution in [0.1, 0.15) is 0 Å². The summed E-state index contributed by atoms with van der Waals surface area (Å²) in [6.45, 7) is -1.02. The molecule has 1 saturated heterocycles. The Morgan fingerprint density at radius 2 is 1.76 bits per heavy atom. The number of hydrogen-bond donors (Lipinski definition) is 2. The molecule has 1 fully saturated rings. The van der Waals surface area contributed by atoms with Crippen LogP contribution in [-0.2, 0) is 9.59 Å². The van der Waals surface area contributed by atoms with Crippen LogP contribution in [0.3, 0.4) is 0 Å². The molecule has 0 saturated carbocycles. The fraction of sp³-hybridized carbons (Fsp3) is 0.818. The molecular weight excluding hydrogens is 296 g/mol. The van der Waals surface area contributed by atoms with Gasteiger partial charge >= 0.3 is 12.3 Å². The van der Waals surface area contributed by atoms with Gasteiger partial charge in [0.1, 0.15) is 0 Å². The van der Waals surface area contributed by atoms with Crippen molar-refractivity contribution in [2.75, 3.05) is 45.8 Å². The first kappa shape index (κ1) is 17.6. The van der Waals surface area contributed by atoms with E-state index in [2.05, 4.69) is 5.32 Å². The van der Waals surface area contributed by atoms with Crippen molar-refractivity contribution in [1.82, 2.24) is 15.1 Å². The maximum Gasteiger partial charge on any atom is 0.319 e. The lowest BCUT2D eigenvalue weighted by Crippen LogP contribution is -2.54. The van der Waals surface area contributed by atoms with E-state index in [1.807, 2.05) is 0 Å². The number of piperazine rings is 1. The van der Waals surface area contributed by atoms with Crippen LogP contribution < -0.4 is 11.1 Å². The lowest BCUT2D eigenvalue weighted by atomic mass is 10.2. The molecule has 0 aromatic rings. The monoisotopic (exact) mass is 314 g/mol. The highest BCUT2D eigenvalue weighted by molar-refractivity contribution is 5.85. The smallest absolute Gasteiger partial charge is 0.319 e. The summed E-state index contributed by atoms with van der Waals surface area (Å²) < 4.78 is 50.0. The van der Waals surface area contributed by atoms with Crippen LogP contribution in [0.4, 0.5) is 17.6 Å². The van der Waals surface area contributed by atoms with E-state index in [1.54, 1.807) is 0 Å². The number of carbonyl (C=O) groups is 2. The van der Waals surface area contributed by atoms with Gasteiger partial charge in [-0.1, -0.05) is 0 Å². The predicted molar refractivity (Wildman–Crippen MR) is 66.0 cm³/mol. The van der Waals surface area contributed by atoms with E-state index in [0.29, 0.717) is 0 Å². The summed E-state index contributed by atoms with van der Waals surface area (Å²) in [5, 5.41) is 2.31. The molecule has 122 valence electrons. The van der Waals surface area contributed by atoms with Crippen LogP contribution in [-0.4, -0.2) is 79.8 Å². The van der Waals surface area contributed by atoms with E-state index in [0.717, 1.165) is 0 Å². The van der Waals surface area contributed by atoms with Crippen LogP contribution in [0.2, 0.25) is 0 Å². The number of carbonyl (C=O) groups excluding carboxylic acids is 2. The molecule has 21 heavy (non-hydrogen) atoms. The highest BCUT2D eigenvalue weighted by Crippen LogP contribution is 2.24. The summed E-state index contributed by atoms with van der Waals surface area (Å²) in [7, 11) is 0. The van der Waals surface area contributed by atoms with Crippen molar-refractivity contribution in [3.63, 3.8) is 0 Å². The fourth-order valence-corrected chi connectivity index (χ4v) is 1.88. The molecule has 0 atom stereocenters. The number of rotatable bonds is 6. The van der Waals surface area contributed by atoms with Crippen molar-refractivity contribution in [3.8, 4) is 0 Å². The number of amides is 2. The van der Waals surface area contributed by atoms with Gasteiger partial charge in [-0.3, -0.25) is 14.5 Å². The summed E-state index contributed by atoms with van der Waals surface area (Å²) in [5.74, 6) is -4.89. The average Bonchev–Trinajstić information content (AvgIpc) is 2.44. The molecule has 3 N–H and O–H groups in total. The second kappa shape index (κ2) is 7.55. The number of nitrogens with zero attached hydrogens (tertiary/aromatic N) is 2. The van der Waals surface area contributed by atoms with E-state index in [4.69, 9.17) is 5.73 Å². The number of halogens is 4. The average molecular weight is 314 g/mol. The van der Waals surface area contributed by atoms with Gasteiger partial charge in [-0.15, -0.1) is 0 Å². The summed E-state index contributed by atoms with van der Waals surface area (Å²) in [6.07, 6.45) is -3.70. The van der Waals surface area contributed by atoms with E-state index in [-0.39, 0.29) is 45.2 Å². The summed E-state index contributed by atoms with van der Waals surface area (Å²) in [6, 6.07) is 0. The molecule has 10 heteroatoms. The Balaban J connectivity index is 2.35. The van der Waals surface area contributed by atoms with Gasteiger partial charge in [0.2, 0.25) is 11.8 Å². The lowest BCUT2D eigenvalue weighted by Gasteiger charge is -2.36. The Morgan fingerprint density at radius 1 is 1.19 bits per heavy atom.